The van der Waals surface area contributed by atoms with Crippen LogP contribution in [0.15, 0.2) is 42.5 Å². The van der Waals surface area contributed by atoms with Crippen molar-refractivity contribution >= 4 is 22.5 Å². The van der Waals surface area contributed by atoms with Crippen LogP contribution in [-0.2, 0) is 6.42 Å². The second-order valence-corrected chi connectivity index (χ2v) is 6.32. The van der Waals surface area contributed by atoms with Crippen LogP contribution in [0, 0.1) is 0 Å². The molecule has 1 fully saturated rings. The van der Waals surface area contributed by atoms with Crippen LogP contribution >= 0.6 is 0 Å². The van der Waals surface area contributed by atoms with E-state index in [0.29, 0.717) is 5.82 Å². The van der Waals surface area contributed by atoms with E-state index in [9.17, 15) is 0 Å². The van der Waals surface area contributed by atoms with Crippen LogP contribution in [0.5, 0.6) is 0 Å². The Bertz CT molecular complexity index is 882. The van der Waals surface area contributed by atoms with Gasteiger partial charge >= 0.3 is 0 Å². The van der Waals surface area contributed by atoms with Crippen molar-refractivity contribution in [2.45, 2.75) is 26.2 Å². The number of nitrogens with two attached hydrogens (primary N) is 1. The van der Waals surface area contributed by atoms with E-state index >= 15 is 0 Å². The summed E-state index contributed by atoms with van der Waals surface area (Å²) < 4.78 is 0. The van der Waals surface area contributed by atoms with Gasteiger partial charge < -0.3 is 10.6 Å². The monoisotopic (exact) mass is 318 g/mol. The van der Waals surface area contributed by atoms with E-state index in [1.165, 1.54) is 12.8 Å². The van der Waals surface area contributed by atoms with Gasteiger partial charge in [-0.3, -0.25) is 0 Å². The van der Waals surface area contributed by atoms with Crippen LogP contribution in [0.3, 0.4) is 0 Å². The lowest BCUT2D eigenvalue weighted by molar-refractivity contribution is 0.944. The molecule has 0 aliphatic carbocycles. The summed E-state index contributed by atoms with van der Waals surface area (Å²) in [5, 5.41) is 1.16. The zero-order chi connectivity index (χ0) is 16.5. The summed E-state index contributed by atoms with van der Waals surface area (Å²) in [5.74, 6) is 1.65. The Labute approximate surface area is 142 Å². The molecule has 0 saturated carbocycles. The SMILES string of the molecule is CCc1nc(N)ccc1-c1cccc2ccc(N3CCCC3)nc12. The summed E-state index contributed by atoms with van der Waals surface area (Å²) >= 11 is 0. The number of nitrogens with zero attached hydrogens (tertiary/aromatic N) is 3. The number of hydrogen-bond donors (Lipinski definition) is 1. The Morgan fingerprint density at radius 3 is 2.58 bits per heavy atom. The fraction of sp³-hybridized carbons (Fsp3) is 0.300. The molecule has 24 heavy (non-hydrogen) atoms. The first-order valence-electron chi connectivity index (χ1n) is 8.67. The number of pyridine rings is 2. The maximum atomic E-state index is 5.87. The molecule has 3 aromatic rings. The molecule has 0 spiro atoms. The van der Waals surface area contributed by atoms with Crippen LogP contribution in [0.4, 0.5) is 11.6 Å². The molecule has 4 heteroatoms. The molecule has 2 N–H and O–H groups in total. The maximum Gasteiger partial charge on any atom is 0.129 e. The molecule has 1 aliphatic rings. The zero-order valence-electron chi connectivity index (χ0n) is 14.0. The Kier molecular flexibility index (Phi) is 3.81. The van der Waals surface area contributed by atoms with Gasteiger partial charge in [-0.25, -0.2) is 9.97 Å². The molecule has 1 saturated heterocycles. The Hall–Kier alpha value is -2.62. The first kappa shape index (κ1) is 14.9. The molecule has 0 amide bonds. The molecular weight excluding hydrogens is 296 g/mol. The molecule has 3 heterocycles. The topological polar surface area (TPSA) is 55.0 Å². The predicted molar refractivity (Wildman–Crippen MR) is 100 cm³/mol. The third-order valence-corrected chi connectivity index (χ3v) is 4.76. The lowest BCUT2D eigenvalue weighted by Gasteiger charge is -2.18. The second-order valence-electron chi connectivity index (χ2n) is 6.32. The molecule has 0 bridgehead atoms. The summed E-state index contributed by atoms with van der Waals surface area (Å²) in [6, 6.07) is 14.6. The van der Waals surface area contributed by atoms with E-state index in [2.05, 4.69) is 53.2 Å². The van der Waals surface area contributed by atoms with Crippen LogP contribution in [0.1, 0.15) is 25.5 Å². The minimum Gasteiger partial charge on any atom is -0.384 e. The highest BCUT2D eigenvalue weighted by atomic mass is 15.2. The van der Waals surface area contributed by atoms with E-state index in [1.807, 2.05) is 6.07 Å². The Balaban J connectivity index is 1.90. The van der Waals surface area contributed by atoms with Gasteiger partial charge in [0.15, 0.2) is 0 Å². The van der Waals surface area contributed by atoms with Crippen molar-refractivity contribution in [2.24, 2.45) is 0 Å². The van der Waals surface area contributed by atoms with E-state index in [4.69, 9.17) is 10.7 Å². The van der Waals surface area contributed by atoms with Gasteiger partial charge in [0.2, 0.25) is 0 Å². The van der Waals surface area contributed by atoms with Gasteiger partial charge in [0.05, 0.1) is 11.2 Å². The van der Waals surface area contributed by atoms with Crippen LogP contribution in [-0.4, -0.2) is 23.1 Å². The third-order valence-electron chi connectivity index (χ3n) is 4.76. The summed E-state index contributed by atoms with van der Waals surface area (Å²) in [6.45, 7) is 4.31. The first-order chi connectivity index (χ1) is 11.8. The van der Waals surface area contributed by atoms with Gasteiger partial charge in [-0.2, -0.15) is 0 Å². The van der Waals surface area contributed by atoms with Gasteiger partial charge in [0.1, 0.15) is 11.6 Å². The van der Waals surface area contributed by atoms with E-state index in [0.717, 1.165) is 53.1 Å². The number of fused-ring (bicyclic) bond motifs is 1. The van der Waals surface area contributed by atoms with Crippen LogP contribution in [0.2, 0.25) is 0 Å². The fourth-order valence-electron chi connectivity index (χ4n) is 3.51. The standard InChI is InChI=1S/C20H22N4/c1-2-17-15(9-10-18(21)22-17)16-7-5-6-14-8-11-19(23-20(14)16)24-12-3-4-13-24/h5-11H,2-4,12-13H2,1H3,(H2,21,22). The number of hydrogen-bond acceptors (Lipinski definition) is 4. The lowest BCUT2D eigenvalue weighted by Crippen LogP contribution is -2.18. The van der Waals surface area contributed by atoms with Gasteiger partial charge in [0.25, 0.3) is 0 Å². The van der Waals surface area contributed by atoms with Crippen molar-refractivity contribution in [1.29, 1.82) is 0 Å². The van der Waals surface area contributed by atoms with Crippen LogP contribution in [0.25, 0.3) is 22.0 Å². The van der Waals surface area contributed by atoms with Gasteiger partial charge in [-0.15, -0.1) is 0 Å². The average Bonchev–Trinajstić information content (AvgIpc) is 3.15. The lowest BCUT2D eigenvalue weighted by atomic mass is 9.99. The van der Waals surface area contributed by atoms with Crippen molar-refractivity contribution in [3.8, 4) is 11.1 Å². The Morgan fingerprint density at radius 1 is 0.958 bits per heavy atom. The molecule has 0 unspecified atom stereocenters. The van der Waals surface area contributed by atoms with E-state index < -0.39 is 0 Å². The number of benzene rings is 1. The molecular formula is C20H22N4. The van der Waals surface area contributed by atoms with Gasteiger partial charge in [-0.1, -0.05) is 25.1 Å². The summed E-state index contributed by atoms with van der Waals surface area (Å²) in [7, 11) is 0. The second kappa shape index (κ2) is 6.11. The number of para-hydroxylation sites is 1. The minimum absolute atomic E-state index is 0.571. The largest absolute Gasteiger partial charge is 0.384 e. The number of aryl methyl sites for hydroxylation is 1. The van der Waals surface area contributed by atoms with Crippen LogP contribution < -0.4 is 10.6 Å². The van der Waals surface area contributed by atoms with Crippen molar-refractivity contribution < 1.29 is 0 Å². The average molecular weight is 318 g/mol. The van der Waals surface area contributed by atoms with E-state index in [1.54, 1.807) is 0 Å². The number of aromatic nitrogens is 2. The third kappa shape index (κ3) is 2.58. The highest BCUT2D eigenvalue weighted by molar-refractivity contribution is 5.95. The predicted octanol–water partition coefficient (Wildman–Crippen LogP) is 4.04. The normalized spacial score (nSPS) is 14.5. The molecule has 1 aliphatic heterocycles. The highest BCUT2D eigenvalue weighted by Crippen LogP contribution is 2.32. The number of rotatable bonds is 3. The summed E-state index contributed by atoms with van der Waals surface area (Å²) in [6.07, 6.45) is 3.36. The Morgan fingerprint density at radius 2 is 1.79 bits per heavy atom. The zero-order valence-corrected chi connectivity index (χ0v) is 14.0. The first-order valence-corrected chi connectivity index (χ1v) is 8.67. The molecule has 2 aromatic heterocycles. The molecule has 4 rings (SSSR count). The van der Waals surface area contributed by atoms with Gasteiger partial charge in [0, 0.05) is 29.6 Å². The molecule has 1 aromatic carbocycles. The minimum atomic E-state index is 0.571. The van der Waals surface area contributed by atoms with Crippen molar-refractivity contribution in [2.75, 3.05) is 23.7 Å². The summed E-state index contributed by atoms with van der Waals surface area (Å²) in [4.78, 5) is 11.9. The number of nitrogen functional groups attached to an aromatic ring is 1. The quantitative estimate of drug-likeness (QED) is 0.792. The summed E-state index contributed by atoms with van der Waals surface area (Å²) in [5.41, 5.74) is 10.2. The van der Waals surface area contributed by atoms with Crippen molar-refractivity contribution in [1.82, 2.24) is 9.97 Å². The maximum absolute atomic E-state index is 5.87. The molecule has 4 nitrogen and oxygen atoms in total. The van der Waals surface area contributed by atoms with Crippen molar-refractivity contribution in [3.05, 3.63) is 48.2 Å². The molecule has 0 atom stereocenters. The molecule has 122 valence electrons. The fourth-order valence-corrected chi connectivity index (χ4v) is 3.51. The smallest absolute Gasteiger partial charge is 0.129 e. The van der Waals surface area contributed by atoms with E-state index in [-0.39, 0.29) is 0 Å². The number of anilines is 2. The van der Waals surface area contributed by atoms with Crippen molar-refractivity contribution in [3.63, 3.8) is 0 Å². The molecule has 0 radical (unpaired) electrons. The highest BCUT2D eigenvalue weighted by Gasteiger charge is 2.16. The van der Waals surface area contributed by atoms with Gasteiger partial charge in [-0.05, 0) is 43.5 Å².